The minimum Gasteiger partial charge on any atom is -0.362 e. The normalized spacial score (nSPS) is 18.3. The molecule has 0 saturated carbocycles. The quantitative estimate of drug-likeness (QED) is 0.133. The van der Waals surface area contributed by atoms with Crippen molar-refractivity contribution >= 4 is 7.60 Å². The van der Waals surface area contributed by atoms with E-state index in [9.17, 15) is 4.57 Å². The minimum absolute atomic E-state index is 0.0775. The molecule has 3 aromatic carbocycles. The van der Waals surface area contributed by atoms with Crippen molar-refractivity contribution in [3.8, 4) is 0 Å². The molecule has 0 radical (unpaired) electrons. The molecule has 4 rings (SSSR count). The van der Waals surface area contributed by atoms with Crippen molar-refractivity contribution in [3.63, 3.8) is 0 Å². The number of hydrogen-bond donors (Lipinski definition) is 0. The van der Waals surface area contributed by atoms with E-state index < -0.39 is 13.2 Å². The van der Waals surface area contributed by atoms with Crippen molar-refractivity contribution in [1.29, 1.82) is 0 Å². The van der Waals surface area contributed by atoms with Crippen LogP contribution in [-0.4, -0.2) is 30.8 Å². The van der Waals surface area contributed by atoms with Crippen LogP contribution in [0, 0.1) is 0 Å². The van der Waals surface area contributed by atoms with Gasteiger partial charge in [-0.25, -0.2) is 0 Å². The van der Waals surface area contributed by atoms with Gasteiger partial charge in [-0.3, -0.25) is 4.57 Å². The average molecular weight is 535 g/mol. The van der Waals surface area contributed by atoms with E-state index in [1.54, 1.807) is 0 Å². The van der Waals surface area contributed by atoms with Crippen LogP contribution in [0.2, 0.25) is 0 Å². The summed E-state index contributed by atoms with van der Waals surface area (Å²) < 4.78 is 37.6. The number of hydrogen-bond acceptors (Lipinski definition) is 5. The van der Waals surface area contributed by atoms with Gasteiger partial charge in [-0.15, -0.1) is 0 Å². The molecule has 38 heavy (non-hydrogen) atoms. The van der Waals surface area contributed by atoms with Crippen LogP contribution in [-0.2, 0) is 28.7 Å². The van der Waals surface area contributed by atoms with E-state index in [0.29, 0.717) is 0 Å². The first-order valence-corrected chi connectivity index (χ1v) is 15.1. The van der Waals surface area contributed by atoms with E-state index in [2.05, 4.69) is 78.9 Å². The van der Waals surface area contributed by atoms with Gasteiger partial charge in [0.15, 0.2) is 0 Å². The Hall–Kier alpha value is -2.53. The molecular weight excluding hydrogens is 495 g/mol. The van der Waals surface area contributed by atoms with Gasteiger partial charge in [0.2, 0.25) is 0 Å². The fraction of sp³-hybridized carbons (Fsp3) is 0.375. The van der Waals surface area contributed by atoms with Crippen molar-refractivity contribution in [2.45, 2.75) is 70.6 Å². The summed E-state index contributed by atoms with van der Waals surface area (Å²) in [6.45, 7) is 7.38. The fourth-order valence-corrected chi connectivity index (χ4v) is 6.70. The summed E-state index contributed by atoms with van der Waals surface area (Å²) in [5, 5.41) is 0. The minimum atomic E-state index is -3.35. The van der Waals surface area contributed by atoms with E-state index in [1.165, 1.54) is 0 Å². The number of ether oxygens (including phenoxy) is 2. The lowest BCUT2D eigenvalue weighted by molar-refractivity contribution is -0.0387. The lowest BCUT2D eigenvalue weighted by Crippen LogP contribution is -2.37. The largest absolute Gasteiger partial charge is 0.362 e. The molecule has 0 saturated heterocycles. The monoisotopic (exact) mass is 534 g/mol. The molecule has 0 aromatic heterocycles. The maximum absolute atomic E-state index is 13.2. The van der Waals surface area contributed by atoms with Crippen molar-refractivity contribution < 1.29 is 23.1 Å². The van der Waals surface area contributed by atoms with E-state index in [1.807, 2.05) is 52.0 Å². The number of benzene rings is 3. The zero-order valence-electron chi connectivity index (χ0n) is 22.7. The third-order valence-electron chi connectivity index (χ3n) is 6.33. The van der Waals surface area contributed by atoms with E-state index in [0.717, 1.165) is 29.5 Å². The SMILES string of the molecule is CC(C)OP(=O)(CO[C@@H]1C=C[C@@H](OC(c2ccccc2)(c2ccccc2)c2ccccc2)CC1)OC(C)C. The molecule has 6 heteroatoms. The van der Waals surface area contributed by atoms with Crippen molar-refractivity contribution in [3.05, 3.63) is 120 Å². The molecule has 3 aromatic rings. The van der Waals surface area contributed by atoms with Gasteiger partial charge in [0, 0.05) is 0 Å². The van der Waals surface area contributed by atoms with Crippen molar-refractivity contribution in [2.24, 2.45) is 0 Å². The molecular formula is C32H39O5P. The van der Waals surface area contributed by atoms with Gasteiger partial charge < -0.3 is 18.5 Å². The third-order valence-corrected chi connectivity index (χ3v) is 8.29. The highest BCUT2D eigenvalue weighted by Crippen LogP contribution is 2.51. The smallest absolute Gasteiger partial charge is 0.356 e. The summed E-state index contributed by atoms with van der Waals surface area (Å²) in [7, 11) is -3.35. The maximum atomic E-state index is 13.2. The Bertz CT molecular complexity index is 1080. The Labute approximate surface area is 227 Å². The van der Waals surface area contributed by atoms with Crippen molar-refractivity contribution in [1.82, 2.24) is 0 Å². The average Bonchev–Trinajstić information content (AvgIpc) is 2.92. The number of rotatable bonds is 12. The summed E-state index contributed by atoms with van der Waals surface area (Å²) >= 11 is 0. The summed E-state index contributed by atoms with van der Waals surface area (Å²) in [6, 6.07) is 31.1. The Balaban J connectivity index is 1.58. The fourth-order valence-electron chi connectivity index (χ4n) is 4.87. The van der Waals surface area contributed by atoms with E-state index in [4.69, 9.17) is 18.5 Å². The highest BCUT2D eigenvalue weighted by Gasteiger charge is 2.40. The molecule has 0 spiro atoms. The maximum Gasteiger partial charge on any atom is 0.356 e. The molecule has 0 amide bonds. The van der Waals surface area contributed by atoms with Crippen LogP contribution in [0.5, 0.6) is 0 Å². The lowest BCUT2D eigenvalue weighted by Gasteiger charge is -2.39. The molecule has 0 aliphatic heterocycles. The zero-order chi connectivity index (χ0) is 27.0. The van der Waals surface area contributed by atoms with Gasteiger partial charge in [-0.2, -0.15) is 0 Å². The molecule has 1 aliphatic rings. The molecule has 0 unspecified atom stereocenters. The van der Waals surface area contributed by atoms with Crippen LogP contribution in [0.15, 0.2) is 103 Å². The third kappa shape index (κ3) is 7.11. The highest BCUT2D eigenvalue weighted by atomic mass is 31.2. The van der Waals surface area contributed by atoms with Crippen LogP contribution in [0.1, 0.15) is 57.2 Å². The van der Waals surface area contributed by atoms with Gasteiger partial charge in [0.1, 0.15) is 11.9 Å². The topological polar surface area (TPSA) is 54.0 Å². The van der Waals surface area contributed by atoms with Crippen LogP contribution in [0.3, 0.4) is 0 Å². The first-order chi connectivity index (χ1) is 18.3. The van der Waals surface area contributed by atoms with Crippen LogP contribution in [0.4, 0.5) is 0 Å². The summed E-state index contributed by atoms with van der Waals surface area (Å²) in [5.74, 6) is 0. The van der Waals surface area contributed by atoms with Crippen molar-refractivity contribution in [2.75, 3.05) is 6.35 Å². The first kappa shape index (κ1) is 28.5. The Morgan fingerprint density at radius 2 is 1.08 bits per heavy atom. The molecule has 0 N–H and O–H groups in total. The van der Waals surface area contributed by atoms with E-state index in [-0.39, 0.29) is 30.8 Å². The Kier molecular flexibility index (Phi) is 9.75. The first-order valence-electron chi connectivity index (χ1n) is 13.4. The predicted octanol–water partition coefficient (Wildman–Crippen LogP) is 8.10. The van der Waals surface area contributed by atoms with Gasteiger partial charge in [0.05, 0.1) is 24.4 Å². The molecule has 202 valence electrons. The van der Waals surface area contributed by atoms with Gasteiger partial charge in [-0.1, -0.05) is 103 Å². The molecule has 2 atom stereocenters. The second kappa shape index (κ2) is 13.0. The summed E-state index contributed by atoms with van der Waals surface area (Å²) in [4.78, 5) is 0. The van der Waals surface area contributed by atoms with Gasteiger partial charge in [0.25, 0.3) is 0 Å². The van der Waals surface area contributed by atoms with Crippen LogP contribution in [0.25, 0.3) is 0 Å². The zero-order valence-corrected chi connectivity index (χ0v) is 23.6. The molecule has 5 nitrogen and oxygen atoms in total. The Morgan fingerprint density at radius 3 is 1.45 bits per heavy atom. The highest BCUT2D eigenvalue weighted by molar-refractivity contribution is 7.53. The molecule has 0 fully saturated rings. The molecule has 0 heterocycles. The van der Waals surface area contributed by atoms with Gasteiger partial charge in [-0.05, 0) is 57.2 Å². The molecule has 0 bridgehead atoms. The summed E-state index contributed by atoms with van der Waals surface area (Å²) in [6.07, 6.45) is 4.73. The lowest BCUT2D eigenvalue weighted by atomic mass is 9.79. The Morgan fingerprint density at radius 1 is 0.684 bits per heavy atom. The molecule has 1 aliphatic carbocycles. The van der Waals surface area contributed by atoms with E-state index >= 15 is 0 Å². The second-order valence-corrected chi connectivity index (χ2v) is 12.1. The summed E-state index contributed by atoms with van der Waals surface area (Å²) in [5.41, 5.74) is 2.43. The van der Waals surface area contributed by atoms with Gasteiger partial charge >= 0.3 is 7.60 Å². The van der Waals surface area contributed by atoms with Crippen LogP contribution < -0.4 is 0 Å². The predicted molar refractivity (Wildman–Crippen MR) is 152 cm³/mol. The standard InChI is InChI=1S/C32H39O5P/c1-25(2)36-38(33,37-26(3)4)24-34-30-20-22-31(23-21-30)35-32(27-14-8-5-9-15-27,28-16-10-6-11-17-28)29-18-12-7-13-19-29/h5-20,22,25-26,30-31H,21,23-24H2,1-4H3/t30-,31-/m1/s1. The second-order valence-electron chi connectivity index (χ2n) is 10.2. The van der Waals surface area contributed by atoms with Crippen LogP contribution >= 0.6 is 7.60 Å².